The van der Waals surface area contributed by atoms with Crippen molar-refractivity contribution in [2.24, 2.45) is 0 Å². The van der Waals surface area contributed by atoms with E-state index in [9.17, 15) is 0 Å². The predicted octanol–water partition coefficient (Wildman–Crippen LogP) is 2.00. The summed E-state index contributed by atoms with van der Waals surface area (Å²) < 4.78 is 0. The van der Waals surface area contributed by atoms with Crippen LogP contribution in [0.2, 0.25) is 0 Å². The molecule has 0 unspecified atom stereocenters. The zero-order valence-corrected chi connectivity index (χ0v) is 5.75. The molecule has 1 aromatic heterocycles. The first-order chi connectivity index (χ1) is 4.93. The van der Waals surface area contributed by atoms with Gasteiger partial charge in [-0.3, -0.25) is 0 Å². The standard InChI is InChI=1S/C8H10N2/c1-2-3-4-5-8-9-6-7-10-8/h2,4-7H,1,3H2,(H,9,10)/b5-4+. The molecular weight excluding hydrogens is 124 g/mol. The number of rotatable bonds is 3. The Morgan fingerprint density at radius 3 is 3.20 bits per heavy atom. The normalized spacial score (nSPS) is 10.4. The van der Waals surface area contributed by atoms with Crippen molar-refractivity contribution in [2.75, 3.05) is 0 Å². The fraction of sp³-hybridized carbons (Fsp3) is 0.125. The quantitative estimate of drug-likeness (QED) is 0.629. The van der Waals surface area contributed by atoms with Crippen molar-refractivity contribution in [1.82, 2.24) is 9.97 Å². The molecule has 2 heteroatoms. The van der Waals surface area contributed by atoms with Crippen molar-refractivity contribution < 1.29 is 0 Å². The lowest BCUT2D eigenvalue weighted by Crippen LogP contribution is -1.71. The number of aromatic nitrogens is 2. The smallest absolute Gasteiger partial charge is 0.129 e. The zero-order valence-electron chi connectivity index (χ0n) is 5.75. The maximum Gasteiger partial charge on any atom is 0.129 e. The number of H-pyrrole nitrogens is 1. The average molecular weight is 134 g/mol. The number of nitrogens with zero attached hydrogens (tertiary/aromatic N) is 1. The molecule has 0 saturated carbocycles. The molecule has 52 valence electrons. The minimum absolute atomic E-state index is 0.890. The van der Waals surface area contributed by atoms with Gasteiger partial charge in [-0.1, -0.05) is 12.2 Å². The second-order valence-corrected chi connectivity index (χ2v) is 1.90. The van der Waals surface area contributed by atoms with Crippen molar-refractivity contribution in [3.8, 4) is 0 Å². The molecule has 1 heterocycles. The van der Waals surface area contributed by atoms with Gasteiger partial charge in [-0.15, -0.1) is 6.58 Å². The number of nitrogens with one attached hydrogen (secondary N) is 1. The lowest BCUT2D eigenvalue weighted by atomic mass is 10.4. The largest absolute Gasteiger partial charge is 0.345 e. The zero-order chi connectivity index (χ0) is 7.23. The molecule has 0 saturated heterocycles. The van der Waals surface area contributed by atoms with Crippen molar-refractivity contribution in [1.29, 1.82) is 0 Å². The molecule has 0 spiro atoms. The highest BCUT2D eigenvalue weighted by Gasteiger charge is 1.82. The number of imidazole rings is 1. The Morgan fingerprint density at radius 2 is 2.60 bits per heavy atom. The summed E-state index contributed by atoms with van der Waals surface area (Å²) >= 11 is 0. The second kappa shape index (κ2) is 3.67. The van der Waals surface area contributed by atoms with Gasteiger partial charge in [-0.2, -0.15) is 0 Å². The summed E-state index contributed by atoms with van der Waals surface area (Å²) in [6.07, 6.45) is 10.2. The minimum Gasteiger partial charge on any atom is -0.345 e. The van der Waals surface area contributed by atoms with Gasteiger partial charge in [0.25, 0.3) is 0 Å². The summed E-state index contributed by atoms with van der Waals surface area (Å²) in [5.41, 5.74) is 0. The van der Waals surface area contributed by atoms with Gasteiger partial charge >= 0.3 is 0 Å². The molecule has 0 atom stereocenters. The lowest BCUT2D eigenvalue weighted by Gasteiger charge is -1.80. The van der Waals surface area contributed by atoms with Crippen molar-refractivity contribution in [2.45, 2.75) is 6.42 Å². The van der Waals surface area contributed by atoms with E-state index in [2.05, 4.69) is 16.5 Å². The summed E-state index contributed by atoms with van der Waals surface area (Å²) in [7, 11) is 0. The van der Waals surface area contributed by atoms with E-state index < -0.39 is 0 Å². The summed E-state index contributed by atoms with van der Waals surface area (Å²) in [6, 6.07) is 0. The Kier molecular flexibility index (Phi) is 2.49. The first-order valence-corrected chi connectivity index (χ1v) is 3.20. The van der Waals surface area contributed by atoms with Crippen LogP contribution in [0, 0.1) is 0 Å². The Bertz CT molecular complexity index is 209. The number of aromatic amines is 1. The maximum absolute atomic E-state index is 4.01. The number of hydrogen-bond acceptors (Lipinski definition) is 1. The molecule has 1 N–H and O–H groups in total. The highest BCUT2D eigenvalue weighted by Crippen LogP contribution is 1.93. The van der Waals surface area contributed by atoms with E-state index in [1.54, 1.807) is 12.4 Å². The third kappa shape index (κ3) is 1.90. The molecule has 0 amide bonds. The van der Waals surface area contributed by atoms with Crippen LogP contribution in [0.1, 0.15) is 12.2 Å². The van der Waals surface area contributed by atoms with Gasteiger partial charge in [0.15, 0.2) is 0 Å². The molecule has 2 nitrogen and oxygen atoms in total. The maximum atomic E-state index is 4.01. The Hall–Kier alpha value is -1.31. The monoisotopic (exact) mass is 134 g/mol. The van der Waals surface area contributed by atoms with E-state index in [-0.39, 0.29) is 0 Å². The van der Waals surface area contributed by atoms with Gasteiger partial charge in [-0.25, -0.2) is 4.98 Å². The van der Waals surface area contributed by atoms with Crippen LogP contribution in [0.3, 0.4) is 0 Å². The van der Waals surface area contributed by atoms with E-state index in [1.165, 1.54) is 0 Å². The topological polar surface area (TPSA) is 28.7 Å². The molecule has 0 radical (unpaired) electrons. The van der Waals surface area contributed by atoms with Crippen LogP contribution in [0.4, 0.5) is 0 Å². The summed E-state index contributed by atoms with van der Waals surface area (Å²) in [6.45, 7) is 3.60. The summed E-state index contributed by atoms with van der Waals surface area (Å²) in [5.74, 6) is 0.891. The third-order valence-electron chi connectivity index (χ3n) is 1.10. The van der Waals surface area contributed by atoms with Crippen molar-refractivity contribution >= 4 is 6.08 Å². The van der Waals surface area contributed by atoms with Gasteiger partial charge < -0.3 is 4.98 Å². The van der Waals surface area contributed by atoms with Crippen LogP contribution < -0.4 is 0 Å². The SMILES string of the molecule is C=CC/C=C/c1ncc[nH]1. The molecular formula is C8H10N2. The van der Waals surface area contributed by atoms with Crippen LogP contribution in [-0.4, -0.2) is 9.97 Å². The minimum atomic E-state index is 0.890. The molecule has 0 aliphatic heterocycles. The molecule has 1 rings (SSSR count). The molecule has 0 aromatic carbocycles. The molecule has 0 bridgehead atoms. The molecule has 10 heavy (non-hydrogen) atoms. The fourth-order valence-corrected chi connectivity index (χ4v) is 0.645. The van der Waals surface area contributed by atoms with E-state index in [0.717, 1.165) is 12.2 Å². The number of hydrogen-bond donors (Lipinski definition) is 1. The van der Waals surface area contributed by atoms with Gasteiger partial charge in [0.05, 0.1) is 0 Å². The van der Waals surface area contributed by atoms with Gasteiger partial charge in [0, 0.05) is 12.4 Å². The summed E-state index contributed by atoms with van der Waals surface area (Å²) in [4.78, 5) is 6.98. The van der Waals surface area contributed by atoms with Crippen LogP contribution in [-0.2, 0) is 0 Å². The molecule has 1 aromatic rings. The van der Waals surface area contributed by atoms with E-state index >= 15 is 0 Å². The first kappa shape index (κ1) is 6.81. The Labute approximate surface area is 60.3 Å². The van der Waals surface area contributed by atoms with Gasteiger partial charge in [0.2, 0.25) is 0 Å². The second-order valence-electron chi connectivity index (χ2n) is 1.90. The van der Waals surface area contributed by atoms with Crippen molar-refractivity contribution in [3.05, 3.63) is 36.9 Å². The highest BCUT2D eigenvalue weighted by molar-refractivity contribution is 5.39. The van der Waals surface area contributed by atoms with Crippen LogP contribution in [0.5, 0.6) is 0 Å². The molecule has 0 aliphatic rings. The number of allylic oxidation sites excluding steroid dienone is 2. The van der Waals surface area contributed by atoms with Crippen molar-refractivity contribution in [3.63, 3.8) is 0 Å². The molecule has 0 fully saturated rings. The van der Waals surface area contributed by atoms with Crippen LogP contribution in [0.25, 0.3) is 6.08 Å². The summed E-state index contributed by atoms with van der Waals surface area (Å²) in [5, 5.41) is 0. The van der Waals surface area contributed by atoms with Gasteiger partial charge in [-0.05, 0) is 12.5 Å². The highest BCUT2D eigenvalue weighted by atomic mass is 14.9. The average Bonchev–Trinajstić information content (AvgIpc) is 2.41. The molecule has 0 aliphatic carbocycles. The Morgan fingerprint density at radius 1 is 1.70 bits per heavy atom. The van der Waals surface area contributed by atoms with Gasteiger partial charge in [0.1, 0.15) is 5.82 Å². The van der Waals surface area contributed by atoms with E-state index in [1.807, 2.05) is 18.2 Å². The van der Waals surface area contributed by atoms with E-state index in [4.69, 9.17) is 0 Å². The lowest BCUT2D eigenvalue weighted by molar-refractivity contribution is 1.26. The predicted molar refractivity (Wildman–Crippen MR) is 42.4 cm³/mol. The van der Waals surface area contributed by atoms with E-state index in [0.29, 0.717) is 0 Å². The fourth-order valence-electron chi connectivity index (χ4n) is 0.645. The first-order valence-electron chi connectivity index (χ1n) is 3.20. The Balaban J connectivity index is 2.47. The van der Waals surface area contributed by atoms with Crippen LogP contribution in [0.15, 0.2) is 31.1 Å². The van der Waals surface area contributed by atoms with Crippen LogP contribution >= 0.6 is 0 Å². The third-order valence-corrected chi connectivity index (χ3v) is 1.10.